The number of aliphatic hydroxyl groups is 1. The number of alkyl carbamates (subject to hydrolysis) is 1. The minimum Gasteiger partial charge on any atom is -0.467 e. The van der Waals surface area contributed by atoms with Gasteiger partial charge in [0.05, 0.1) is 13.2 Å². The summed E-state index contributed by atoms with van der Waals surface area (Å²) < 4.78 is 9.94. The van der Waals surface area contributed by atoms with E-state index < -0.39 is 53.7 Å². The third-order valence-electron chi connectivity index (χ3n) is 4.87. The first-order valence-corrected chi connectivity index (χ1v) is 11.6. The number of hydrogen-bond donors (Lipinski definition) is 4. The van der Waals surface area contributed by atoms with Crippen molar-refractivity contribution in [3.05, 3.63) is 35.9 Å². The zero-order chi connectivity index (χ0) is 26.8. The summed E-state index contributed by atoms with van der Waals surface area (Å²) in [7, 11) is 1.15. The van der Waals surface area contributed by atoms with Gasteiger partial charge in [-0.3, -0.25) is 9.59 Å². The van der Waals surface area contributed by atoms with Gasteiger partial charge >= 0.3 is 12.1 Å². The molecule has 0 radical (unpaired) electrons. The lowest BCUT2D eigenvalue weighted by Crippen LogP contribution is -2.58. The van der Waals surface area contributed by atoms with Crippen LogP contribution in [-0.2, 0) is 30.3 Å². The summed E-state index contributed by atoms with van der Waals surface area (Å²) in [6.45, 7) is 10.2. The topological polar surface area (TPSA) is 143 Å². The molecule has 0 aliphatic heterocycles. The molecule has 10 heteroatoms. The zero-order valence-electron chi connectivity index (χ0n) is 21.6. The second-order valence-electron chi connectivity index (χ2n) is 9.83. The highest BCUT2D eigenvalue weighted by Gasteiger charge is 2.33. The van der Waals surface area contributed by atoms with Crippen molar-refractivity contribution in [3.8, 4) is 0 Å². The molecule has 10 nitrogen and oxygen atoms in total. The lowest BCUT2D eigenvalue weighted by Gasteiger charge is -2.27. The van der Waals surface area contributed by atoms with Crippen LogP contribution >= 0.6 is 0 Å². The van der Waals surface area contributed by atoms with Crippen molar-refractivity contribution in [3.63, 3.8) is 0 Å². The third kappa shape index (κ3) is 11.2. The summed E-state index contributed by atoms with van der Waals surface area (Å²) >= 11 is 0. The van der Waals surface area contributed by atoms with Crippen molar-refractivity contribution in [1.29, 1.82) is 0 Å². The number of benzene rings is 1. The van der Waals surface area contributed by atoms with Gasteiger partial charge in [-0.05, 0) is 45.6 Å². The minimum absolute atomic E-state index is 0.0144. The molecule has 0 saturated carbocycles. The van der Waals surface area contributed by atoms with Crippen molar-refractivity contribution in [2.75, 3.05) is 7.11 Å². The average molecular weight is 494 g/mol. The molecule has 0 heterocycles. The Labute approximate surface area is 207 Å². The van der Waals surface area contributed by atoms with E-state index in [0.717, 1.165) is 12.7 Å². The highest BCUT2D eigenvalue weighted by atomic mass is 16.6. The van der Waals surface area contributed by atoms with E-state index in [-0.39, 0.29) is 18.8 Å². The summed E-state index contributed by atoms with van der Waals surface area (Å²) in [6, 6.07) is 5.76. The van der Waals surface area contributed by atoms with Crippen LogP contribution in [0.3, 0.4) is 0 Å². The minimum atomic E-state index is -1.29. The standard InChI is InChI=1S/C25H39N3O7/c1-15(2)13-18(22(31)28-20(16(3)29)23(32)34-7)26-21(30)19(14-17-11-9-8-10-12-17)27-24(33)35-25(4,5)6/h8-12,15-16,18-20,29H,13-14H2,1-7H3,(H,26,30)(H,27,33)(H,28,31)/t16-,18-,19+,20+/m1/s1. The number of nitrogens with one attached hydrogen (secondary N) is 3. The largest absolute Gasteiger partial charge is 0.467 e. The van der Waals surface area contributed by atoms with Gasteiger partial charge in [-0.25, -0.2) is 9.59 Å². The van der Waals surface area contributed by atoms with Crippen LogP contribution in [0.15, 0.2) is 30.3 Å². The molecule has 4 atom stereocenters. The predicted molar refractivity (Wildman–Crippen MR) is 130 cm³/mol. The monoisotopic (exact) mass is 493 g/mol. The summed E-state index contributed by atoms with van der Waals surface area (Å²) in [6.07, 6.45) is -1.55. The van der Waals surface area contributed by atoms with Gasteiger partial charge in [0.1, 0.15) is 17.7 Å². The molecule has 0 spiro atoms. The van der Waals surface area contributed by atoms with Crippen LogP contribution in [0, 0.1) is 5.92 Å². The molecule has 0 aliphatic rings. The third-order valence-corrected chi connectivity index (χ3v) is 4.87. The van der Waals surface area contributed by atoms with Gasteiger partial charge in [0.2, 0.25) is 11.8 Å². The van der Waals surface area contributed by atoms with E-state index in [1.54, 1.807) is 20.8 Å². The van der Waals surface area contributed by atoms with E-state index in [4.69, 9.17) is 4.74 Å². The van der Waals surface area contributed by atoms with Gasteiger partial charge in [0.15, 0.2) is 6.04 Å². The van der Waals surface area contributed by atoms with Crippen LogP contribution in [-0.4, -0.2) is 65.9 Å². The molecule has 0 saturated heterocycles. The van der Waals surface area contributed by atoms with Crippen molar-refractivity contribution in [2.24, 2.45) is 5.92 Å². The Balaban J connectivity index is 3.10. The molecule has 0 aliphatic carbocycles. The van der Waals surface area contributed by atoms with Crippen LogP contribution in [0.2, 0.25) is 0 Å². The number of aliphatic hydroxyl groups excluding tert-OH is 1. The fourth-order valence-corrected chi connectivity index (χ4v) is 3.24. The van der Waals surface area contributed by atoms with Gasteiger partial charge in [-0.1, -0.05) is 44.2 Å². The Kier molecular flexibility index (Phi) is 11.7. The maximum absolute atomic E-state index is 13.3. The number of amides is 3. The Morgan fingerprint density at radius 3 is 1.97 bits per heavy atom. The highest BCUT2D eigenvalue weighted by Crippen LogP contribution is 2.11. The first-order chi connectivity index (χ1) is 16.2. The van der Waals surface area contributed by atoms with Crippen molar-refractivity contribution >= 4 is 23.9 Å². The van der Waals surface area contributed by atoms with E-state index in [9.17, 15) is 24.3 Å². The molecule has 4 N–H and O–H groups in total. The molecule has 1 aromatic carbocycles. The number of carbonyl (C=O) groups is 4. The van der Waals surface area contributed by atoms with E-state index in [2.05, 4.69) is 20.7 Å². The van der Waals surface area contributed by atoms with Crippen LogP contribution in [0.1, 0.15) is 53.5 Å². The van der Waals surface area contributed by atoms with Crippen LogP contribution in [0.4, 0.5) is 4.79 Å². The van der Waals surface area contributed by atoms with Crippen molar-refractivity contribution < 1.29 is 33.8 Å². The maximum atomic E-state index is 13.3. The number of carbonyl (C=O) groups excluding carboxylic acids is 4. The normalized spacial score (nSPS) is 14.8. The summed E-state index contributed by atoms with van der Waals surface area (Å²) in [5.41, 5.74) is 0.0374. The molecule has 0 aromatic heterocycles. The first-order valence-electron chi connectivity index (χ1n) is 11.6. The van der Waals surface area contributed by atoms with Gasteiger partial charge < -0.3 is 30.5 Å². The molecule has 0 bridgehead atoms. The number of rotatable bonds is 11. The van der Waals surface area contributed by atoms with Gasteiger partial charge in [-0.15, -0.1) is 0 Å². The lowest BCUT2D eigenvalue weighted by molar-refractivity contribution is -0.148. The Morgan fingerprint density at radius 2 is 1.49 bits per heavy atom. The van der Waals surface area contributed by atoms with Gasteiger partial charge in [0.25, 0.3) is 0 Å². The summed E-state index contributed by atoms with van der Waals surface area (Å²) in [5.74, 6) is -2.04. The number of ether oxygens (including phenoxy) is 2. The molecule has 3 amide bonds. The Morgan fingerprint density at radius 1 is 0.914 bits per heavy atom. The molecule has 0 unspecified atom stereocenters. The summed E-state index contributed by atoms with van der Waals surface area (Å²) in [5, 5.41) is 17.6. The van der Waals surface area contributed by atoms with Crippen LogP contribution in [0.5, 0.6) is 0 Å². The van der Waals surface area contributed by atoms with Crippen molar-refractivity contribution in [2.45, 2.75) is 84.2 Å². The molecule has 1 rings (SSSR count). The van der Waals surface area contributed by atoms with E-state index >= 15 is 0 Å². The number of hydrogen-bond acceptors (Lipinski definition) is 7. The fraction of sp³-hybridized carbons (Fsp3) is 0.600. The molecule has 0 fully saturated rings. The number of methoxy groups -OCH3 is 1. The first kappa shape index (κ1) is 29.9. The summed E-state index contributed by atoms with van der Waals surface area (Å²) in [4.78, 5) is 50.6. The second kappa shape index (κ2) is 13.7. The van der Waals surface area contributed by atoms with E-state index in [0.29, 0.717) is 0 Å². The second-order valence-corrected chi connectivity index (χ2v) is 9.83. The van der Waals surface area contributed by atoms with Gasteiger partial charge in [0, 0.05) is 6.42 Å². The molecule has 1 aromatic rings. The molecular formula is C25H39N3O7. The van der Waals surface area contributed by atoms with Crippen LogP contribution in [0.25, 0.3) is 0 Å². The lowest BCUT2D eigenvalue weighted by atomic mass is 10.0. The number of esters is 1. The highest BCUT2D eigenvalue weighted by molar-refractivity contribution is 5.93. The smallest absolute Gasteiger partial charge is 0.408 e. The predicted octanol–water partition coefficient (Wildman–Crippen LogP) is 1.69. The molecular weight excluding hydrogens is 454 g/mol. The zero-order valence-corrected chi connectivity index (χ0v) is 21.6. The van der Waals surface area contributed by atoms with Gasteiger partial charge in [-0.2, -0.15) is 0 Å². The van der Waals surface area contributed by atoms with E-state index in [1.807, 2.05) is 44.2 Å². The SMILES string of the molecule is COC(=O)[C@@H](NC(=O)[C@@H](CC(C)C)NC(=O)[C@H](Cc1ccccc1)NC(=O)OC(C)(C)C)[C@@H](C)O. The quantitative estimate of drug-likeness (QED) is 0.344. The Hall–Kier alpha value is -3.14. The van der Waals surface area contributed by atoms with Crippen LogP contribution < -0.4 is 16.0 Å². The van der Waals surface area contributed by atoms with E-state index in [1.165, 1.54) is 6.92 Å². The molecule has 196 valence electrons. The Bertz CT molecular complexity index is 850. The average Bonchev–Trinajstić information content (AvgIpc) is 2.74. The fourth-order valence-electron chi connectivity index (χ4n) is 3.24. The maximum Gasteiger partial charge on any atom is 0.408 e. The molecule has 35 heavy (non-hydrogen) atoms. The van der Waals surface area contributed by atoms with Crippen molar-refractivity contribution in [1.82, 2.24) is 16.0 Å².